The SMILES string of the molecule is O=Cc1cccnc1-c1ccccc1Cl. The molecule has 0 saturated carbocycles. The fourth-order valence-corrected chi connectivity index (χ4v) is 1.62. The first-order valence-corrected chi connectivity index (χ1v) is 4.86. The van der Waals surface area contributed by atoms with Crippen molar-refractivity contribution >= 4 is 17.9 Å². The molecule has 1 aromatic carbocycles. The maximum absolute atomic E-state index is 10.8. The lowest BCUT2D eigenvalue weighted by molar-refractivity contribution is 0.112. The zero-order valence-electron chi connectivity index (χ0n) is 7.85. The van der Waals surface area contributed by atoms with Crippen LogP contribution in [0.15, 0.2) is 42.6 Å². The van der Waals surface area contributed by atoms with Crippen molar-refractivity contribution in [1.82, 2.24) is 4.98 Å². The van der Waals surface area contributed by atoms with Gasteiger partial charge >= 0.3 is 0 Å². The molecular formula is C12H8ClNO. The summed E-state index contributed by atoms with van der Waals surface area (Å²) in [6, 6.07) is 10.8. The number of carbonyl (C=O) groups excluding carboxylic acids is 1. The lowest BCUT2D eigenvalue weighted by Gasteiger charge is -2.04. The maximum atomic E-state index is 10.8. The average molecular weight is 218 g/mol. The molecule has 0 N–H and O–H groups in total. The second kappa shape index (κ2) is 4.24. The van der Waals surface area contributed by atoms with E-state index in [1.165, 1.54) is 0 Å². The number of pyridine rings is 1. The van der Waals surface area contributed by atoms with E-state index in [0.29, 0.717) is 16.3 Å². The van der Waals surface area contributed by atoms with Crippen LogP contribution in [-0.4, -0.2) is 11.3 Å². The van der Waals surface area contributed by atoms with Crippen molar-refractivity contribution in [2.75, 3.05) is 0 Å². The second-order valence-corrected chi connectivity index (χ2v) is 3.45. The van der Waals surface area contributed by atoms with Gasteiger partial charge in [0, 0.05) is 22.3 Å². The van der Waals surface area contributed by atoms with Crippen LogP contribution in [-0.2, 0) is 0 Å². The average Bonchev–Trinajstić information content (AvgIpc) is 2.30. The summed E-state index contributed by atoms with van der Waals surface area (Å²) in [7, 11) is 0. The predicted molar refractivity (Wildman–Crippen MR) is 60.1 cm³/mol. The van der Waals surface area contributed by atoms with E-state index in [4.69, 9.17) is 11.6 Å². The van der Waals surface area contributed by atoms with E-state index < -0.39 is 0 Å². The molecule has 0 amide bonds. The summed E-state index contributed by atoms with van der Waals surface area (Å²) in [5, 5.41) is 0.597. The van der Waals surface area contributed by atoms with Gasteiger partial charge in [0.25, 0.3) is 0 Å². The molecule has 0 atom stereocenters. The Hall–Kier alpha value is -1.67. The highest BCUT2D eigenvalue weighted by molar-refractivity contribution is 6.33. The molecule has 0 radical (unpaired) electrons. The fraction of sp³-hybridized carbons (Fsp3) is 0. The predicted octanol–water partition coefficient (Wildman–Crippen LogP) is 3.21. The Kier molecular flexibility index (Phi) is 2.79. The molecule has 3 heteroatoms. The van der Waals surface area contributed by atoms with Crippen LogP contribution in [0.1, 0.15) is 10.4 Å². The van der Waals surface area contributed by atoms with Gasteiger partial charge in [0.1, 0.15) is 0 Å². The van der Waals surface area contributed by atoms with Crippen LogP contribution in [0.3, 0.4) is 0 Å². The molecule has 2 aromatic rings. The van der Waals surface area contributed by atoms with Crippen LogP contribution in [0.4, 0.5) is 0 Å². The molecule has 0 bridgehead atoms. The molecular weight excluding hydrogens is 210 g/mol. The molecule has 0 aliphatic heterocycles. The van der Waals surface area contributed by atoms with Crippen LogP contribution < -0.4 is 0 Å². The van der Waals surface area contributed by atoms with Gasteiger partial charge in [-0.25, -0.2) is 0 Å². The minimum Gasteiger partial charge on any atom is -0.298 e. The molecule has 74 valence electrons. The van der Waals surface area contributed by atoms with Crippen molar-refractivity contribution in [3.8, 4) is 11.3 Å². The smallest absolute Gasteiger partial charge is 0.152 e. The van der Waals surface area contributed by atoms with Crippen LogP contribution in [0.2, 0.25) is 5.02 Å². The summed E-state index contributed by atoms with van der Waals surface area (Å²) >= 11 is 6.03. The van der Waals surface area contributed by atoms with Gasteiger partial charge in [-0.2, -0.15) is 0 Å². The molecule has 15 heavy (non-hydrogen) atoms. The Morgan fingerprint density at radius 2 is 1.93 bits per heavy atom. The van der Waals surface area contributed by atoms with Crippen molar-refractivity contribution in [2.45, 2.75) is 0 Å². The van der Waals surface area contributed by atoms with Crippen molar-refractivity contribution in [3.05, 3.63) is 53.2 Å². The van der Waals surface area contributed by atoms with Crippen molar-refractivity contribution in [3.63, 3.8) is 0 Å². The van der Waals surface area contributed by atoms with Gasteiger partial charge in [0.2, 0.25) is 0 Å². The van der Waals surface area contributed by atoms with E-state index in [2.05, 4.69) is 4.98 Å². The van der Waals surface area contributed by atoms with E-state index >= 15 is 0 Å². The molecule has 1 aromatic heterocycles. The van der Waals surface area contributed by atoms with Gasteiger partial charge in [0.05, 0.1) is 5.69 Å². The summed E-state index contributed by atoms with van der Waals surface area (Å²) in [5.74, 6) is 0. The third kappa shape index (κ3) is 1.90. The Morgan fingerprint density at radius 3 is 2.67 bits per heavy atom. The lowest BCUT2D eigenvalue weighted by atomic mass is 10.1. The number of carbonyl (C=O) groups is 1. The molecule has 1 heterocycles. The van der Waals surface area contributed by atoms with Crippen LogP contribution in [0.25, 0.3) is 11.3 Å². The topological polar surface area (TPSA) is 30.0 Å². The van der Waals surface area contributed by atoms with Crippen molar-refractivity contribution in [2.24, 2.45) is 0 Å². The molecule has 0 aliphatic carbocycles. The largest absolute Gasteiger partial charge is 0.298 e. The van der Waals surface area contributed by atoms with E-state index in [9.17, 15) is 4.79 Å². The standard InChI is InChI=1S/C12H8ClNO/c13-11-6-2-1-5-10(11)12-9(8-15)4-3-7-14-12/h1-8H. The minimum absolute atomic E-state index is 0.547. The Labute approximate surface area is 92.5 Å². The number of nitrogens with zero attached hydrogens (tertiary/aromatic N) is 1. The van der Waals surface area contributed by atoms with Gasteiger partial charge < -0.3 is 0 Å². The lowest BCUT2D eigenvalue weighted by Crippen LogP contribution is -1.91. The number of benzene rings is 1. The van der Waals surface area contributed by atoms with Crippen LogP contribution in [0, 0.1) is 0 Å². The van der Waals surface area contributed by atoms with Gasteiger partial charge in [-0.1, -0.05) is 29.8 Å². The molecule has 0 aliphatic rings. The molecule has 0 spiro atoms. The highest BCUT2D eigenvalue weighted by atomic mass is 35.5. The summed E-state index contributed by atoms with van der Waals surface area (Å²) in [4.78, 5) is 15.0. The normalized spacial score (nSPS) is 9.93. The fourth-order valence-electron chi connectivity index (χ4n) is 1.39. The first-order chi connectivity index (χ1) is 7.33. The van der Waals surface area contributed by atoms with Gasteiger partial charge in [0.15, 0.2) is 6.29 Å². The highest BCUT2D eigenvalue weighted by Crippen LogP contribution is 2.27. The molecule has 0 saturated heterocycles. The number of hydrogen-bond donors (Lipinski definition) is 0. The first kappa shape index (κ1) is 9.87. The second-order valence-electron chi connectivity index (χ2n) is 3.04. The Bertz CT molecular complexity index is 496. The summed E-state index contributed by atoms with van der Waals surface area (Å²) in [6.45, 7) is 0. The molecule has 2 nitrogen and oxygen atoms in total. The highest BCUT2D eigenvalue weighted by Gasteiger charge is 2.07. The number of halogens is 1. The quantitative estimate of drug-likeness (QED) is 0.723. The zero-order chi connectivity index (χ0) is 10.7. The number of aromatic nitrogens is 1. The third-order valence-corrected chi connectivity index (χ3v) is 2.42. The monoisotopic (exact) mass is 217 g/mol. The summed E-state index contributed by atoms with van der Waals surface area (Å²) in [5.41, 5.74) is 1.95. The molecule has 2 rings (SSSR count). The number of aldehydes is 1. The van der Waals surface area contributed by atoms with Gasteiger partial charge in [-0.15, -0.1) is 0 Å². The Morgan fingerprint density at radius 1 is 1.13 bits per heavy atom. The minimum atomic E-state index is 0.547. The van der Waals surface area contributed by atoms with Crippen molar-refractivity contribution in [1.29, 1.82) is 0 Å². The summed E-state index contributed by atoms with van der Waals surface area (Å²) in [6.07, 6.45) is 2.43. The molecule has 0 fully saturated rings. The van der Waals surface area contributed by atoms with Crippen LogP contribution >= 0.6 is 11.6 Å². The van der Waals surface area contributed by atoms with Gasteiger partial charge in [-0.05, 0) is 18.2 Å². The number of rotatable bonds is 2. The zero-order valence-corrected chi connectivity index (χ0v) is 8.61. The van der Waals surface area contributed by atoms with Crippen LogP contribution in [0.5, 0.6) is 0 Å². The van der Waals surface area contributed by atoms with E-state index in [1.807, 2.05) is 18.2 Å². The molecule has 0 unspecified atom stereocenters. The van der Waals surface area contributed by atoms with E-state index in [1.54, 1.807) is 24.4 Å². The van der Waals surface area contributed by atoms with Gasteiger partial charge in [-0.3, -0.25) is 9.78 Å². The summed E-state index contributed by atoms with van der Waals surface area (Å²) < 4.78 is 0. The third-order valence-electron chi connectivity index (χ3n) is 2.09. The van der Waals surface area contributed by atoms with Crippen molar-refractivity contribution < 1.29 is 4.79 Å². The van der Waals surface area contributed by atoms with E-state index in [0.717, 1.165) is 11.8 Å². The van der Waals surface area contributed by atoms with E-state index in [-0.39, 0.29) is 0 Å². The Balaban J connectivity index is 2.64. The number of hydrogen-bond acceptors (Lipinski definition) is 2. The maximum Gasteiger partial charge on any atom is 0.152 e. The first-order valence-electron chi connectivity index (χ1n) is 4.48.